The van der Waals surface area contributed by atoms with Gasteiger partial charge >= 0.3 is 0 Å². The number of amides is 2. The van der Waals surface area contributed by atoms with Crippen LogP contribution in [0, 0.1) is 0 Å². The summed E-state index contributed by atoms with van der Waals surface area (Å²) in [7, 11) is 0. The minimum Gasteiger partial charge on any atom is -0.490 e. The van der Waals surface area contributed by atoms with Crippen molar-refractivity contribution < 1.29 is 19.1 Å². The van der Waals surface area contributed by atoms with Gasteiger partial charge in [-0.1, -0.05) is 54.6 Å². The van der Waals surface area contributed by atoms with E-state index in [1.165, 1.54) is 5.01 Å². The molecule has 0 saturated carbocycles. The molecular weight excluding hydrogens is 392 g/mol. The van der Waals surface area contributed by atoms with Gasteiger partial charge in [0.2, 0.25) is 0 Å². The number of nitrogens with one attached hydrogen (secondary N) is 1. The molecule has 4 rings (SSSR count). The monoisotopic (exact) mass is 414 g/mol. The molecule has 0 aliphatic carbocycles. The summed E-state index contributed by atoms with van der Waals surface area (Å²) in [6, 6.07) is 24.2. The zero-order valence-electron chi connectivity index (χ0n) is 17.1. The Morgan fingerprint density at radius 2 is 1.58 bits per heavy atom. The molecule has 0 unspecified atom stereocenters. The van der Waals surface area contributed by atoms with E-state index in [9.17, 15) is 9.59 Å². The predicted octanol–water partition coefficient (Wildman–Crippen LogP) is 4.13. The molecule has 6 nitrogen and oxygen atoms in total. The average molecular weight is 414 g/mol. The number of rotatable bonds is 7. The van der Waals surface area contributed by atoms with E-state index in [0.717, 1.165) is 5.56 Å². The van der Waals surface area contributed by atoms with Crippen LogP contribution < -0.4 is 19.9 Å². The van der Waals surface area contributed by atoms with Gasteiger partial charge in [-0.3, -0.25) is 15.0 Å². The second kappa shape index (κ2) is 9.17. The van der Waals surface area contributed by atoms with Crippen LogP contribution in [0.25, 0.3) is 6.08 Å². The molecule has 1 aliphatic rings. The number of hydrogen-bond acceptors (Lipinski definition) is 4. The summed E-state index contributed by atoms with van der Waals surface area (Å²) in [5.74, 6) is 0.300. The quantitative estimate of drug-likeness (QED) is 0.466. The number of carbonyl (C=O) groups is 2. The number of hydrazine groups is 1. The Bertz CT molecular complexity index is 1110. The van der Waals surface area contributed by atoms with Crippen molar-refractivity contribution in [1.82, 2.24) is 5.43 Å². The van der Waals surface area contributed by atoms with Gasteiger partial charge in [0.25, 0.3) is 11.8 Å². The molecule has 1 saturated heterocycles. The number of hydrogen-bond donors (Lipinski definition) is 1. The Balaban J connectivity index is 1.56. The average Bonchev–Trinajstić information content (AvgIpc) is 3.08. The lowest BCUT2D eigenvalue weighted by molar-refractivity contribution is -0.117. The molecule has 0 radical (unpaired) electrons. The summed E-state index contributed by atoms with van der Waals surface area (Å²) < 4.78 is 11.6. The van der Waals surface area contributed by atoms with Crippen LogP contribution in [-0.2, 0) is 16.2 Å². The van der Waals surface area contributed by atoms with Crippen LogP contribution in [0.1, 0.15) is 18.1 Å². The third-order valence-electron chi connectivity index (χ3n) is 4.72. The number of carbonyl (C=O) groups excluding carboxylic acids is 2. The first kappa shape index (κ1) is 20.2. The van der Waals surface area contributed by atoms with Crippen molar-refractivity contribution >= 4 is 23.6 Å². The van der Waals surface area contributed by atoms with Crippen LogP contribution in [0.3, 0.4) is 0 Å². The Morgan fingerprint density at radius 3 is 2.29 bits per heavy atom. The van der Waals surface area contributed by atoms with E-state index < -0.39 is 11.8 Å². The maximum Gasteiger partial charge on any atom is 0.282 e. The zero-order chi connectivity index (χ0) is 21.6. The van der Waals surface area contributed by atoms with Crippen LogP contribution in [0.5, 0.6) is 11.5 Å². The van der Waals surface area contributed by atoms with Crippen molar-refractivity contribution in [1.29, 1.82) is 0 Å². The van der Waals surface area contributed by atoms with E-state index in [0.29, 0.717) is 36.0 Å². The second-order valence-electron chi connectivity index (χ2n) is 6.89. The molecule has 3 aromatic carbocycles. The minimum atomic E-state index is -0.448. The van der Waals surface area contributed by atoms with Gasteiger partial charge in [0, 0.05) is 0 Å². The van der Waals surface area contributed by atoms with Crippen molar-refractivity contribution in [3.8, 4) is 11.5 Å². The van der Waals surface area contributed by atoms with Crippen molar-refractivity contribution in [2.75, 3.05) is 11.6 Å². The number of para-hydroxylation sites is 1. The molecule has 31 heavy (non-hydrogen) atoms. The molecule has 6 heteroatoms. The summed E-state index contributed by atoms with van der Waals surface area (Å²) in [5, 5.41) is 1.25. The molecular formula is C25H22N2O4. The molecule has 0 bridgehead atoms. The third kappa shape index (κ3) is 4.59. The number of anilines is 1. The highest BCUT2D eigenvalue weighted by Gasteiger charge is 2.34. The first-order valence-corrected chi connectivity index (χ1v) is 10.0. The normalized spacial score (nSPS) is 14.6. The lowest BCUT2D eigenvalue weighted by atomic mass is 10.1. The molecule has 3 aromatic rings. The Morgan fingerprint density at radius 1 is 0.871 bits per heavy atom. The molecule has 1 fully saturated rings. The van der Waals surface area contributed by atoms with Crippen LogP contribution in [0.4, 0.5) is 5.69 Å². The van der Waals surface area contributed by atoms with Crippen LogP contribution >= 0.6 is 0 Å². The van der Waals surface area contributed by atoms with E-state index in [2.05, 4.69) is 5.43 Å². The molecule has 0 atom stereocenters. The van der Waals surface area contributed by atoms with Gasteiger partial charge in [0.1, 0.15) is 12.2 Å². The topological polar surface area (TPSA) is 67.9 Å². The van der Waals surface area contributed by atoms with E-state index in [1.807, 2.05) is 43.3 Å². The largest absolute Gasteiger partial charge is 0.490 e. The van der Waals surface area contributed by atoms with Crippen molar-refractivity contribution in [3.05, 3.63) is 95.6 Å². The molecule has 2 amide bonds. The molecule has 156 valence electrons. The highest BCUT2D eigenvalue weighted by Crippen LogP contribution is 2.31. The van der Waals surface area contributed by atoms with Crippen LogP contribution in [0.15, 0.2) is 84.4 Å². The lowest BCUT2D eigenvalue weighted by Crippen LogP contribution is -2.35. The minimum absolute atomic E-state index is 0.0595. The van der Waals surface area contributed by atoms with Gasteiger partial charge in [-0.05, 0) is 48.4 Å². The van der Waals surface area contributed by atoms with Crippen molar-refractivity contribution in [2.45, 2.75) is 13.5 Å². The SMILES string of the molecule is CCOc1cc(/C=C2/C(=O)NN(c3ccccc3)C2=O)ccc1OCc1ccccc1. The van der Waals surface area contributed by atoms with Gasteiger partial charge < -0.3 is 9.47 Å². The number of benzene rings is 3. The fourth-order valence-corrected chi connectivity index (χ4v) is 3.22. The molecule has 0 aromatic heterocycles. The summed E-state index contributed by atoms with van der Waals surface area (Å²) in [4.78, 5) is 25.2. The number of nitrogens with zero attached hydrogens (tertiary/aromatic N) is 1. The van der Waals surface area contributed by atoms with E-state index in [1.54, 1.807) is 48.5 Å². The summed E-state index contributed by atoms with van der Waals surface area (Å²) >= 11 is 0. The summed E-state index contributed by atoms with van der Waals surface area (Å²) in [6.45, 7) is 2.76. The fraction of sp³-hybridized carbons (Fsp3) is 0.120. The Hall–Kier alpha value is -4.06. The standard InChI is InChI=1S/C25H22N2O4/c1-2-30-23-16-19(13-14-22(23)31-17-18-9-5-3-6-10-18)15-21-24(28)26-27(25(21)29)20-11-7-4-8-12-20/h3-16H,2,17H2,1H3,(H,26,28)/b21-15-. The highest BCUT2D eigenvalue weighted by atomic mass is 16.5. The third-order valence-corrected chi connectivity index (χ3v) is 4.72. The predicted molar refractivity (Wildman–Crippen MR) is 118 cm³/mol. The van der Waals surface area contributed by atoms with Crippen LogP contribution in [0.2, 0.25) is 0 Å². The second-order valence-corrected chi connectivity index (χ2v) is 6.89. The summed E-state index contributed by atoms with van der Waals surface area (Å²) in [5.41, 5.74) is 4.98. The first-order chi connectivity index (χ1) is 15.2. The van der Waals surface area contributed by atoms with Gasteiger partial charge in [-0.25, -0.2) is 5.01 Å². The molecule has 1 aliphatic heterocycles. The fourth-order valence-electron chi connectivity index (χ4n) is 3.22. The first-order valence-electron chi connectivity index (χ1n) is 10.0. The lowest BCUT2D eigenvalue weighted by Gasteiger charge is -2.14. The van der Waals surface area contributed by atoms with Gasteiger partial charge in [0.05, 0.1) is 12.3 Å². The van der Waals surface area contributed by atoms with Gasteiger partial charge in [-0.2, -0.15) is 0 Å². The maximum atomic E-state index is 12.8. The highest BCUT2D eigenvalue weighted by molar-refractivity contribution is 6.31. The Labute approximate surface area is 180 Å². The van der Waals surface area contributed by atoms with Gasteiger partial charge in [0.15, 0.2) is 11.5 Å². The van der Waals surface area contributed by atoms with Crippen molar-refractivity contribution in [3.63, 3.8) is 0 Å². The number of ether oxygens (including phenoxy) is 2. The zero-order valence-corrected chi connectivity index (χ0v) is 17.1. The maximum absolute atomic E-state index is 12.8. The smallest absolute Gasteiger partial charge is 0.282 e. The molecule has 0 spiro atoms. The Kier molecular flexibility index (Phi) is 5.98. The van der Waals surface area contributed by atoms with E-state index in [-0.39, 0.29) is 5.57 Å². The van der Waals surface area contributed by atoms with E-state index >= 15 is 0 Å². The molecule has 1 heterocycles. The van der Waals surface area contributed by atoms with Gasteiger partial charge in [-0.15, -0.1) is 0 Å². The van der Waals surface area contributed by atoms with Crippen LogP contribution in [-0.4, -0.2) is 18.4 Å². The van der Waals surface area contributed by atoms with E-state index in [4.69, 9.17) is 9.47 Å². The van der Waals surface area contributed by atoms with Crippen molar-refractivity contribution in [2.24, 2.45) is 0 Å². The summed E-state index contributed by atoms with van der Waals surface area (Å²) in [6.07, 6.45) is 1.56. The molecule has 1 N–H and O–H groups in total.